The lowest BCUT2D eigenvalue weighted by Gasteiger charge is -2.35. The second-order valence-corrected chi connectivity index (χ2v) is 4.29. The van der Waals surface area contributed by atoms with E-state index in [1.807, 2.05) is 0 Å². The summed E-state index contributed by atoms with van der Waals surface area (Å²) in [7, 11) is 1.39. The van der Waals surface area contributed by atoms with E-state index in [1.165, 1.54) is 7.05 Å². The molecule has 1 amide bonds. The lowest BCUT2D eigenvalue weighted by atomic mass is 9.81. The third-order valence-corrected chi connectivity index (χ3v) is 2.93. The van der Waals surface area contributed by atoms with Crippen LogP contribution in [0.3, 0.4) is 0 Å². The van der Waals surface area contributed by atoms with Gasteiger partial charge in [-0.2, -0.15) is 0 Å². The number of amides is 1. The molecule has 1 aliphatic rings. The maximum atomic E-state index is 12.1. The Morgan fingerprint density at radius 3 is 2.31 bits per heavy atom. The fourth-order valence-corrected chi connectivity index (χ4v) is 2.07. The molecule has 1 rings (SSSR count). The van der Waals surface area contributed by atoms with Crippen LogP contribution in [0.15, 0.2) is 0 Å². The van der Waals surface area contributed by atoms with E-state index < -0.39 is 18.5 Å². The maximum absolute atomic E-state index is 12.1. The Kier molecular flexibility index (Phi) is 6.18. The number of nitrogens with zero attached hydrogens (tertiary/aromatic N) is 1. The SMILES string of the molecule is CN(CC(F)F)C(=O)C1(N)CCCCC1.Cl. The molecule has 1 saturated carbocycles. The van der Waals surface area contributed by atoms with Gasteiger partial charge < -0.3 is 10.6 Å². The summed E-state index contributed by atoms with van der Waals surface area (Å²) in [6.45, 7) is -0.530. The number of likely N-dealkylation sites (N-methyl/N-ethyl adjacent to an activating group) is 1. The number of rotatable bonds is 3. The van der Waals surface area contributed by atoms with E-state index in [0.29, 0.717) is 12.8 Å². The highest BCUT2D eigenvalue weighted by Gasteiger charge is 2.37. The second kappa shape index (κ2) is 6.35. The molecule has 0 aromatic rings. The highest BCUT2D eigenvalue weighted by atomic mass is 35.5. The molecule has 96 valence electrons. The molecule has 2 N–H and O–H groups in total. The van der Waals surface area contributed by atoms with Crippen molar-refractivity contribution in [3.8, 4) is 0 Å². The van der Waals surface area contributed by atoms with Gasteiger partial charge >= 0.3 is 0 Å². The molecule has 16 heavy (non-hydrogen) atoms. The average Bonchev–Trinajstić information content (AvgIpc) is 2.16. The third-order valence-electron chi connectivity index (χ3n) is 2.93. The van der Waals surface area contributed by atoms with Crippen LogP contribution in [0, 0.1) is 0 Å². The van der Waals surface area contributed by atoms with E-state index in [4.69, 9.17) is 5.73 Å². The van der Waals surface area contributed by atoms with E-state index in [2.05, 4.69) is 0 Å². The summed E-state index contributed by atoms with van der Waals surface area (Å²) in [4.78, 5) is 12.9. The van der Waals surface area contributed by atoms with Gasteiger partial charge in [0.1, 0.15) is 0 Å². The Balaban J connectivity index is 0.00000225. The van der Waals surface area contributed by atoms with Crippen LogP contribution in [0.5, 0.6) is 0 Å². The first kappa shape index (κ1) is 15.6. The molecule has 0 aliphatic heterocycles. The standard InChI is InChI=1S/C10H18F2N2O.ClH/c1-14(7-8(11)12)9(15)10(13)5-3-2-4-6-10;/h8H,2-7,13H2,1H3;1H. The summed E-state index contributed by atoms with van der Waals surface area (Å²) in [5.41, 5.74) is 5.04. The largest absolute Gasteiger partial charge is 0.338 e. The molecule has 0 spiro atoms. The lowest BCUT2D eigenvalue weighted by molar-refractivity contribution is -0.138. The van der Waals surface area contributed by atoms with Crippen molar-refractivity contribution >= 4 is 18.3 Å². The number of carbonyl (C=O) groups excluding carboxylic acids is 1. The Labute approximate surface area is 101 Å². The van der Waals surface area contributed by atoms with Crippen molar-refractivity contribution < 1.29 is 13.6 Å². The van der Waals surface area contributed by atoms with Gasteiger partial charge in [0, 0.05) is 7.05 Å². The zero-order chi connectivity index (χ0) is 11.5. The monoisotopic (exact) mass is 256 g/mol. The van der Waals surface area contributed by atoms with Crippen molar-refractivity contribution in [3.63, 3.8) is 0 Å². The minimum atomic E-state index is -2.49. The lowest BCUT2D eigenvalue weighted by Crippen LogP contribution is -2.56. The molecule has 0 unspecified atom stereocenters. The minimum Gasteiger partial charge on any atom is -0.338 e. The number of halogens is 3. The van der Waals surface area contributed by atoms with Crippen LogP contribution in [0.2, 0.25) is 0 Å². The zero-order valence-corrected chi connectivity index (χ0v) is 10.2. The molecule has 0 radical (unpaired) electrons. The molecule has 0 aromatic heterocycles. The summed E-state index contributed by atoms with van der Waals surface area (Å²) in [6.07, 6.45) is 1.62. The van der Waals surface area contributed by atoms with Crippen molar-refractivity contribution in [1.29, 1.82) is 0 Å². The number of nitrogens with two attached hydrogens (primary N) is 1. The summed E-state index contributed by atoms with van der Waals surface area (Å²) >= 11 is 0. The Morgan fingerprint density at radius 2 is 1.88 bits per heavy atom. The van der Waals surface area contributed by atoms with Crippen LogP contribution < -0.4 is 5.73 Å². The van der Waals surface area contributed by atoms with E-state index in [0.717, 1.165) is 24.2 Å². The quantitative estimate of drug-likeness (QED) is 0.837. The highest BCUT2D eigenvalue weighted by Crippen LogP contribution is 2.27. The summed E-state index contributed by atoms with van der Waals surface area (Å²) in [6, 6.07) is 0. The van der Waals surface area contributed by atoms with Crippen LogP contribution in [0.25, 0.3) is 0 Å². The zero-order valence-electron chi connectivity index (χ0n) is 9.42. The van der Waals surface area contributed by atoms with Gasteiger partial charge in [0.25, 0.3) is 6.43 Å². The third kappa shape index (κ3) is 3.87. The molecule has 0 heterocycles. The normalized spacial score (nSPS) is 19.1. The van der Waals surface area contributed by atoms with Gasteiger partial charge in [-0.25, -0.2) is 8.78 Å². The second-order valence-electron chi connectivity index (χ2n) is 4.29. The van der Waals surface area contributed by atoms with Crippen LogP contribution in [-0.4, -0.2) is 36.4 Å². The summed E-state index contributed by atoms with van der Waals surface area (Å²) in [5, 5.41) is 0. The van der Waals surface area contributed by atoms with Gasteiger partial charge in [-0.1, -0.05) is 19.3 Å². The maximum Gasteiger partial charge on any atom is 0.255 e. The number of carbonyl (C=O) groups is 1. The van der Waals surface area contributed by atoms with E-state index in [-0.39, 0.29) is 18.3 Å². The molecule has 1 aliphatic carbocycles. The minimum absolute atomic E-state index is 0. The van der Waals surface area contributed by atoms with E-state index >= 15 is 0 Å². The molecule has 3 nitrogen and oxygen atoms in total. The molecule has 0 saturated heterocycles. The molecule has 0 atom stereocenters. The molecule has 1 fully saturated rings. The predicted molar refractivity (Wildman–Crippen MR) is 60.9 cm³/mol. The molecular weight excluding hydrogens is 238 g/mol. The van der Waals surface area contributed by atoms with Crippen molar-refractivity contribution in [2.24, 2.45) is 5.73 Å². The number of hydrogen-bond acceptors (Lipinski definition) is 2. The Morgan fingerprint density at radius 1 is 1.38 bits per heavy atom. The first-order chi connectivity index (χ1) is 6.96. The first-order valence-electron chi connectivity index (χ1n) is 5.28. The van der Waals surface area contributed by atoms with Gasteiger partial charge in [0.05, 0.1) is 12.1 Å². The fourth-order valence-electron chi connectivity index (χ4n) is 2.07. The van der Waals surface area contributed by atoms with Crippen LogP contribution >= 0.6 is 12.4 Å². The van der Waals surface area contributed by atoms with E-state index in [9.17, 15) is 13.6 Å². The predicted octanol–water partition coefficient (Wildman–Crippen LogP) is 1.79. The van der Waals surface area contributed by atoms with Gasteiger partial charge in [0.15, 0.2) is 0 Å². The van der Waals surface area contributed by atoms with Gasteiger partial charge in [-0.05, 0) is 12.8 Å². The average molecular weight is 257 g/mol. The van der Waals surface area contributed by atoms with E-state index in [1.54, 1.807) is 0 Å². The Bertz CT molecular complexity index is 233. The van der Waals surface area contributed by atoms with Gasteiger partial charge in [-0.3, -0.25) is 4.79 Å². The van der Waals surface area contributed by atoms with Crippen LogP contribution in [0.1, 0.15) is 32.1 Å². The van der Waals surface area contributed by atoms with Gasteiger partial charge in [-0.15, -0.1) is 12.4 Å². The highest BCUT2D eigenvalue weighted by molar-refractivity contribution is 5.86. The van der Waals surface area contributed by atoms with Crippen LogP contribution in [-0.2, 0) is 4.79 Å². The van der Waals surface area contributed by atoms with Crippen molar-refractivity contribution in [2.45, 2.75) is 44.1 Å². The number of alkyl halides is 2. The molecule has 0 aromatic carbocycles. The molecule has 0 bridgehead atoms. The first-order valence-corrected chi connectivity index (χ1v) is 5.28. The number of hydrogen-bond donors (Lipinski definition) is 1. The topological polar surface area (TPSA) is 46.3 Å². The van der Waals surface area contributed by atoms with Crippen molar-refractivity contribution in [1.82, 2.24) is 4.90 Å². The Hall–Kier alpha value is -0.420. The molecule has 6 heteroatoms. The molecular formula is C10H19ClF2N2O. The summed E-state index contributed by atoms with van der Waals surface area (Å²) in [5.74, 6) is -0.345. The van der Waals surface area contributed by atoms with Crippen molar-refractivity contribution in [3.05, 3.63) is 0 Å². The smallest absolute Gasteiger partial charge is 0.255 e. The van der Waals surface area contributed by atoms with Gasteiger partial charge in [0.2, 0.25) is 5.91 Å². The summed E-state index contributed by atoms with van der Waals surface area (Å²) < 4.78 is 24.2. The van der Waals surface area contributed by atoms with Crippen LogP contribution in [0.4, 0.5) is 8.78 Å². The fraction of sp³-hybridized carbons (Fsp3) is 0.900. The van der Waals surface area contributed by atoms with Crippen molar-refractivity contribution in [2.75, 3.05) is 13.6 Å².